The zero-order valence-electron chi connectivity index (χ0n) is 17.6. The third kappa shape index (κ3) is 4.58. The third-order valence-corrected chi connectivity index (χ3v) is 5.84. The molecule has 29 heavy (non-hydrogen) atoms. The number of nitrogens with one attached hydrogen (secondary N) is 1. The molecule has 0 atom stereocenters. The Morgan fingerprint density at radius 3 is 2.62 bits per heavy atom. The van der Waals surface area contributed by atoms with Crippen LogP contribution >= 0.6 is 0 Å². The monoisotopic (exact) mass is 390 g/mol. The van der Waals surface area contributed by atoms with Crippen molar-refractivity contribution in [2.45, 2.75) is 51.7 Å². The molecule has 1 aromatic heterocycles. The summed E-state index contributed by atoms with van der Waals surface area (Å²) in [7, 11) is 4.10. The summed E-state index contributed by atoms with van der Waals surface area (Å²) in [6.45, 7) is 3.29. The van der Waals surface area contributed by atoms with Gasteiger partial charge in [-0.05, 0) is 42.2 Å². The van der Waals surface area contributed by atoms with Crippen LogP contribution in [0, 0.1) is 6.92 Å². The molecule has 1 N–H and O–H groups in total. The summed E-state index contributed by atoms with van der Waals surface area (Å²) in [6.07, 6.45) is 5.02. The van der Waals surface area contributed by atoms with Crippen LogP contribution in [0.25, 0.3) is 10.8 Å². The van der Waals surface area contributed by atoms with Crippen molar-refractivity contribution in [1.82, 2.24) is 25.0 Å². The van der Waals surface area contributed by atoms with Crippen LogP contribution < -0.4 is 5.32 Å². The normalized spacial score (nSPS) is 15.2. The molecule has 3 aromatic rings. The van der Waals surface area contributed by atoms with E-state index in [2.05, 4.69) is 69.9 Å². The van der Waals surface area contributed by atoms with E-state index in [0.717, 1.165) is 24.2 Å². The molecule has 1 fully saturated rings. The molecule has 0 unspecified atom stereocenters. The molecule has 0 saturated heterocycles. The van der Waals surface area contributed by atoms with E-state index in [1.54, 1.807) is 0 Å². The number of fused-ring (bicyclic) bond motifs is 1. The van der Waals surface area contributed by atoms with Gasteiger partial charge in [-0.3, -0.25) is 0 Å². The summed E-state index contributed by atoms with van der Waals surface area (Å²) in [6, 6.07) is 15.7. The average Bonchev–Trinajstić information content (AvgIpc) is 3.35. The number of nitrogens with zero attached hydrogens (tertiary/aromatic N) is 5. The Hall–Kier alpha value is -2.89. The van der Waals surface area contributed by atoms with Crippen LogP contribution in [0.5, 0.6) is 0 Å². The SMILES string of the molecule is Cc1nnc(CN=C(NC2CCCC2)N(C)Cc2ccc3ccccc3c2)n1C. The second-order valence-electron chi connectivity index (χ2n) is 8.03. The Morgan fingerprint density at radius 1 is 1.14 bits per heavy atom. The lowest BCUT2D eigenvalue weighted by Gasteiger charge is -2.25. The van der Waals surface area contributed by atoms with E-state index in [4.69, 9.17) is 4.99 Å². The lowest BCUT2D eigenvalue weighted by Crippen LogP contribution is -2.43. The zero-order chi connectivity index (χ0) is 20.2. The second kappa shape index (κ2) is 8.64. The number of hydrogen-bond donors (Lipinski definition) is 1. The molecule has 1 aliphatic carbocycles. The molecule has 0 aliphatic heterocycles. The van der Waals surface area contributed by atoms with Crippen molar-refractivity contribution in [2.75, 3.05) is 7.05 Å². The maximum absolute atomic E-state index is 4.90. The minimum atomic E-state index is 0.508. The van der Waals surface area contributed by atoms with Crippen LogP contribution in [-0.2, 0) is 20.1 Å². The Balaban J connectivity index is 1.53. The van der Waals surface area contributed by atoms with E-state index in [1.165, 1.54) is 42.0 Å². The molecule has 1 heterocycles. The molecule has 0 radical (unpaired) electrons. The maximum Gasteiger partial charge on any atom is 0.194 e. The van der Waals surface area contributed by atoms with Gasteiger partial charge in [-0.2, -0.15) is 0 Å². The van der Waals surface area contributed by atoms with Gasteiger partial charge in [0, 0.05) is 26.7 Å². The van der Waals surface area contributed by atoms with Crippen molar-refractivity contribution >= 4 is 16.7 Å². The van der Waals surface area contributed by atoms with E-state index in [-0.39, 0.29) is 0 Å². The van der Waals surface area contributed by atoms with Crippen molar-refractivity contribution in [1.29, 1.82) is 0 Å². The molecule has 2 aromatic carbocycles. The van der Waals surface area contributed by atoms with Crippen molar-refractivity contribution in [3.63, 3.8) is 0 Å². The van der Waals surface area contributed by atoms with Crippen LogP contribution in [0.4, 0.5) is 0 Å². The quantitative estimate of drug-likeness (QED) is 0.532. The standard InChI is InChI=1S/C23H30N6/c1-17-26-27-22(29(17)3)15-24-23(25-21-10-6-7-11-21)28(2)16-18-12-13-19-8-4-5-9-20(19)14-18/h4-5,8-9,12-14,21H,6-7,10-11,15-16H2,1-3H3,(H,24,25). The van der Waals surface area contributed by atoms with E-state index in [0.29, 0.717) is 12.6 Å². The summed E-state index contributed by atoms with van der Waals surface area (Å²) in [4.78, 5) is 7.11. The van der Waals surface area contributed by atoms with Gasteiger partial charge in [-0.1, -0.05) is 49.2 Å². The van der Waals surface area contributed by atoms with Gasteiger partial charge >= 0.3 is 0 Å². The van der Waals surface area contributed by atoms with E-state index >= 15 is 0 Å². The molecule has 0 amide bonds. The number of benzene rings is 2. The lowest BCUT2D eigenvalue weighted by molar-refractivity contribution is 0.456. The highest BCUT2D eigenvalue weighted by Gasteiger charge is 2.18. The largest absolute Gasteiger partial charge is 0.353 e. The summed E-state index contributed by atoms with van der Waals surface area (Å²) >= 11 is 0. The van der Waals surface area contributed by atoms with Gasteiger partial charge in [-0.25, -0.2) is 4.99 Å². The number of guanidine groups is 1. The molecule has 4 rings (SSSR count). The van der Waals surface area contributed by atoms with E-state index in [9.17, 15) is 0 Å². The first-order valence-electron chi connectivity index (χ1n) is 10.4. The summed E-state index contributed by atoms with van der Waals surface area (Å²) in [5.41, 5.74) is 1.28. The van der Waals surface area contributed by atoms with Gasteiger partial charge in [0.25, 0.3) is 0 Å². The predicted octanol–water partition coefficient (Wildman–Crippen LogP) is 3.80. The van der Waals surface area contributed by atoms with Gasteiger partial charge in [0.2, 0.25) is 0 Å². The van der Waals surface area contributed by atoms with Crippen molar-refractivity contribution in [3.05, 3.63) is 59.7 Å². The molecule has 0 bridgehead atoms. The first kappa shape index (κ1) is 19.4. The summed E-state index contributed by atoms with van der Waals surface area (Å²) in [5, 5.41) is 14.6. The second-order valence-corrected chi connectivity index (χ2v) is 8.03. The highest BCUT2D eigenvalue weighted by Crippen LogP contribution is 2.19. The Bertz CT molecular complexity index is 1000. The number of aromatic nitrogens is 3. The van der Waals surface area contributed by atoms with Crippen LogP contribution in [0.3, 0.4) is 0 Å². The Kier molecular flexibility index (Phi) is 5.79. The number of rotatable bonds is 5. The fourth-order valence-electron chi connectivity index (χ4n) is 3.95. The molecule has 6 heteroatoms. The molecule has 152 valence electrons. The molecular formula is C23H30N6. The van der Waals surface area contributed by atoms with E-state index < -0.39 is 0 Å². The fraction of sp³-hybridized carbons (Fsp3) is 0.435. The van der Waals surface area contributed by atoms with Gasteiger partial charge < -0.3 is 14.8 Å². The molecule has 0 spiro atoms. The Morgan fingerprint density at radius 2 is 1.90 bits per heavy atom. The minimum absolute atomic E-state index is 0.508. The molecular weight excluding hydrogens is 360 g/mol. The molecule has 1 saturated carbocycles. The van der Waals surface area contributed by atoms with Crippen LogP contribution in [0.2, 0.25) is 0 Å². The van der Waals surface area contributed by atoms with E-state index in [1.807, 2.05) is 18.5 Å². The van der Waals surface area contributed by atoms with Gasteiger partial charge in [0.15, 0.2) is 11.8 Å². The highest BCUT2D eigenvalue weighted by molar-refractivity contribution is 5.83. The lowest BCUT2D eigenvalue weighted by atomic mass is 10.1. The molecule has 6 nitrogen and oxygen atoms in total. The van der Waals surface area contributed by atoms with Crippen molar-refractivity contribution in [3.8, 4) is 0 Å². The predicted molar refractivity (Wildman–Crippen MR) is 118 cm³/mol. The topological polar surface area (TPSA) is 58.3 Å². The van der Waals surface area contributed by atoms with Crippen molar-refractivity contribution in [2.24, 2.45) is 12.0 Å². The Labute approximate surface area is 172 Å². The number of aryl methyl sites for hydroxylation is 1. The summed E-state index contributed by atoms with van der Waals surface area (Å²) < 4.78 is 2.00. The van der Waals surface area contributed by atoms with Crippen LogP contribution in [0.15, 0.2) is 47.5 Å². The first-order valence-corrected chi connectivity index (χ1v) is 10.4. The maximum atomic E-state index is 4.90. The summed E-state index contributed by atoms with van der Waals surface area (Å²) in [5.74, 6) is 2.73. The van der Waals surface area contributed by atoms with Crippen LogP contribution in [0.1, 0.15) is 42.9 Å². The first-order chi connectivity index (χ1) is 14.1. The fourth-order valence-corrected chi connectivity index (χ4v) is 3.95. The number of aliphatic imine (C=N–C) groups is 1. The molecule has 1 aliphatic rings. The zero-order valence-corrected chi connectivity index (χ0v) is 17.6. The van der Waals surface area contributed by atoms with Crippen molar-refractivity contribution < 1.29 is 0 Å². The number of hydrogen-bond acceptors (Lipinski definition) is 3. The van der Waals surface area contributed by atoms with Gasteiger partial charge in [0.05, 0.1) is 0 Å². The highest BCUT2D eigenvalue weighted by atomic mass is 15.3. The minimum Gasteiger partial charge on any atom is -0.353 e. The van der Waals surface area contributed by atoms with Crippen LogP contribution in [-0.4, -0.2) is 38.7 Å². The average molecular weight is 391 g/mol. The van der Waals surface area contributed by atoms with Gasteiger partial charge in [-0.15, -0.1) is 10.2 Å². The third-order valence-electron chi connectivity index (χ3n) is 5.84. The van der Waals surface area contributed by atoms with Gasteiger partial charge in [0.1, 0.15) is 12.4 Å². The smallest absolute Gasteiger partial charge is 0.194 e.